The van der Waals surface area contributed by atoms with Gasteiger partial charge in [0, 0.05) is 5.56 Å². The molecule has 0 unspecified atom stereocenters. The molecule has 2 nitrogen and oxygen atoms in total. The van der Waals surface area contributed by atoms with Crippen LogP contribution in [0.3, 0.4) is 0 Å². The maximum Gasteiger partial charge on any atom is 0.252 e. The van der Waals surface area contributed by atoms with Gasteiger partial charge in [0.25, 0.3) is 5.91 Å². The quantitative estimate of drug-likeness (QED) is 0.733. The summed E-state index contributed by atoms with van der Waals surface area (Å²) in [5, 5.41) is 5.36. The van der Waals surface area contributed by atoms with Crippen molar-refractivity contribution in [2.24, 2.45) is 0 Å². The number of carbonyl (C=O) groups is 1. The van der Waals surface area contributed by atoms with Crippen LogP contribution in [0.15, 0.2) is 66.7 Å². The normalized spacial score (nSPS) is 16.8. The lowest BCUT2D eigenvalue weighted by molar-refractivity contribution is 0.0934. The molecule has 0 aliphatic heterocycles. The molecule has 2 heteroatoms. The summed E-state index contributed by atoms with van der Waals surface area (Å²) in [6.07, 6.45) is 3.24. The van der Waals surface area contributed by atoms with E-state index in [0.29, 0.717) is 0 Å². The molecule has 0 heterocycles. The summed E-state index contributed by atoms with van der Waals surface area (Å²) in [5.74, 6) is 0.0171. The first-order chi connectivity index (χ1) is 11.3. The van der Waals surface area contributed by atoms with Gasteiger partial charge in [-0.15, -0.1) is 0 Å². The van der Waals surface area contributed by atoms with E-state index in [2.05, 4.69) is 29.6 Å². The fourth-order valence-corrected chi connectivity index (χ4v) is 3.56. The van der Waals surface area contributed by atoms with E-state index >= 15 is 0 Å². The third-order valence-corrected chi connectivity index (χ3v) is 4.71. The van der Waals surface area contributed by atoms with Crippen molar-refractivity contribution >= 4 is 16.7 Å². The summed E-state index contributed by atoms with van der Waals surface area (Å²) in [4.78, 5) is 12.8. The van der Waals surface area contributed by atoms with Crippen LogP contribution in [0.2, 0.25) is 0 Å². The Morgan fingerprint density at radius 3 is 2.65 bits per heavy atom. The molecule has 23 heavy (non-hydrogen) atoms. The number of aryl methyl sites for hydroxylation is 1. The van der Waals surface area contributed by atoms with Crippen LogP contribution in [-0.4, -0.2) is 5.91 Å². The van der Waals surface area contributed by atoms with E-state index in [1.807, 2.05) is 42.5 Å². The first kappa shape index (κ1) is 14.0. The molecule has 0 radical (unpaired) electrons. The minimum Gasteiger partial charge on any atom is -0.345 e. The molecule has 1 N–H and O–H groups in total. The molecule has 3 aromatic rings. The molecule has 0 saturated heterocycles. The van der Waals surface area contributed by atoms with E-state index in [-0.39, 0.29) is 11.9 Å². The van der Waals surface area contributed by atoms with E-state index in [0.717, 1.165) is 35.6 Å². The van der Waals surface area contributed by atoms with Gasteiger partial charge in [0.2, 0.25) is 0 Å². The molecular formula is C21H19NO. The zero-order chi connectivity index (χ0) is 15.6. The van der Waals surface area contributed by atoms with Crippen LogP contribution >= 0.6 is 0 Å². The van der Waals surface area contributed by atoms with Crippen LogP contribution in [0.1, 0.15) is 40.4 Å². The molecule has 0 saturated carbocycles. The number of carbonyl (C=O) groups excluding carboxylic acids is 1. The fourth-order valence-electron chi connectivity index (χ4n) is 3.56. The Bertz CT molecular complexity index is 863. The highest BCUT2D eigenvalue weighted by atomic mass is 16.1. The number of hydrogen-bond acceptors (Lipinski definition) is 1. The maximum absolute atomic E-state index is 12.8. The van der Waals surface area contributed by atoms with Crippen molar-refractivity contribution in [1.82, 2.24) is 5.32 Å². The van der Waals surface area contributed by atoms with Gasteiger partial charge in [-0.05, 0) is 47.2 Å². The van der Waals surface area contributed by atoms with Crippen molar-refractivity contribution in [2.75, 3.05) is 0 Å². The Labute approximate surface area is 136 Å². The Kier molecular flexibility index (Phi) is 3.58. The highest BCUT2D eigenvalue weighted by Gasteiger charge is 2.22. The average Bonchev–Trinajstić information content (AvgIpc) is 2.61. The Balaban J connectivity index is 1.66. The maximum atomic E-state index is 12.8. The lowest BCUT2D eigenvalue weighted by Crippen LogP contribution is -2.31. The summed E-state index contributed by atoms with van der Waals surface area (Å²) in [7, 11) is 0. The molecule has 0 fully saturated rings. The summed E-state index contributed by atoms with van der Waals surface area (Å²) >= 11 is 0. The second kappa shape index (κ2) is 5.88. The molecule has 0 spiro atoms. The molecule has 3 aromatic carbocycles. The zero-order valence-corrected chi connectivity index (χ0v) is 13.0. The molecule has 1 aliphatic carbocycles. The van der Waals surface area contributed by atoms with Gasteiger partial charge in [-0.3, -0.25) is 4.79 Å². The number of hydrogen-bond donors (Lipinski definition) is 1. The van der Waals surface area contributed by atoms with E-state index in [1.54, 1.807) is 0 Å². The van der Waals surface area contributed by atoms with Crippen LogP contribution < -0.4 is 5.32 Å². The summed E-state index contributed by atoms with van der Waals surface area (Å²) < 4.78 is 0. The van der Waals surface area contributed by atoms with Gasteiger partial charge in [-0.1, -0.05) is 60.7 Å². The second-order valence-electron chi connectivity index (χ2n) is 6.14. The van der Waals surface area contributed by atoms with E-state index in [1.165, 1.54) is 11.1 Å². The summed E-state index contributed by atoms with van der Waals surface area (Å²) in [5.41, 5.74) is 3.39. The van der Waals surface area contributed by atoms with Crippen molar-refractivity contribution in [3.63, 3.8) is 0 Å². The predicted octanol–water partition coefficient (Wildman–Crippen LogP) is 4.65. The molecule has 0 aromatic heterocycles. The van der Waals surface area contributed by atoms with Crippen molar-refractivity contribution in [2.45, 2.75) is 25.3 Å². The first-order valence-corrected chi connectivity index (χ1v) is 8.19. The summed E-state index contributed by atoms with van der Waals surface area (Å²) in [6, 6.07) is 22.5. The SMILES string of the molecule is O=C(N[C@H]1CCCc2ccccc21)c1cccc2ccccc12. The van der Waals surface area contributed by atoms with Gasteiger partial charge < -0.3 is 5.32 Å². The molecule has 4 rings (SSSR count). The molecular weight excluding hydrogens is 282 g/mol. The lowest BCUT2D eigenvalue weighted by Gasteiger charge is -2.26. The molecule has 1 atom stereocenters. The van der Waals surface area contributed by atoms with Crippen LogP contribution in [0, 0.1) is 0 Å². The Morgan fingerprint density at radius 1 is 0.913 bits per heavy atom. The Morgan fingerprint density at radius 2 is 1.70 bits per heavy atom. The smallest absolute Gasteiger partial charge is 0.252 e. The van der Waals surface area contributed by atoms with Gasteiger partial charge >= 0.3 is 0 Å². The Hall–Kier alpha value is -2.61. The van der Waals surface area contributed by atoms with Crippen LogP contribution in [-0.2, 0) is 6.42 Å². The fraction of sp³-hybridized carbons (Fsp3) is 0.190. The van der Waals surface area contributed by atoms with Gasteiger partial charge in [-0.2, -0.15) is 0 Å². The molecule has 1 amide bonds. The number of fused-ring (bicyclic) bond motifs is 2. The molecule has 0 bridgehead atoms. The van der Waals surface area contributed by atoms with Gasteiger partial charge in [0.15, 0.2) is 0 Å². The zero-order valence-electron chi connectivity index (χ0n) is 13.0. The second-order valence-corrected chi connectivity index (χ2v) is 6.14. The number of amides is 1. The van der Waals surface area contributed by atoms with Gasteiger partial charge in [-0.25, -0.2) is 0 Å². The summed E-state index contributed by atoms with van der Waals surface area (Å²) in [6.45, 7) is 0. The van der Waals surface area contributed by atoms with E-state index in [9.17, 15) is 4.79 Å². The highest BCUT2D eigenvalue weighted by molar-refractivity contribution is 6.07. The van der Waals surface area contributed by atoms with Crippen LogP contribution in [0.25, 0.3) is 10.8 Å². The highest BCUT2D eigenvalue weighted by Crippen LogP contribution is 2.30. The van der Waals surface area contributed by atoms with Gasteiger partial charge in [0.05, 0.1) is 6.04 Å². The van der Waals surface area contributed by atoms with Gasteiger partial charge in [0.1, 0.15) is 0 Å². The molecule has 114 valence electrons. The largest absolute Gasteiger partial charge is 0.345 e. The average molecular weight is 301 g/mol. The van der Waals surface area contributed by atoms with E-state index in [4.69, 9.17) is 0 Å². The minimum absolute atomic E-state index is 0.0171. The number of rotatable bonds is 2. The molecule has 1 aliphatic rings. The van der Waals surface area contributed by atoms with Crippen LogP contribution in [0.4, 0.5) is 0 Å². The topological polar surface area (TPSA) is 29.1 Å². The monoisotopic (exact) mass is 301 g/mol. The van der Waals surface area contributed by atoms with Crippen molar-refractivity contribution in [3.8, 4) is 0 Å². The van der Waals surface area contributed by atoms with Crippen LogP contribution in [0.5, 0.6) is 0 Å². The van der Waals surface area contributed by atoms with E-state index < -0.39 is 0 Å². The van der Waals surface area contributed by atoms with Crippen molar-refractivity contribution < 1.29 is 4.79 Å². The predicted molar refractivity (Wildman–Crippen MR) is 93.5 cm³/mol. The first-order valence-electron chi connectivity index (χ1n) is 8.19. The minimum atomic E-state index is 0.0171. The van der Waals surface area contributed by atoms with Crippen molar-refractivity contribution in [1.29, 1.82) is 0 Å². The third kappa shape index (κ3) is 2.61. The number of benzene rings is 3. The lowest BCUT2D eigenvalue weighted by atomic mass is 9.87. The number of nitrogens with one attached hydrogen (secondary N) is 1. The third-order valence-electron chi connectivity index (χ3n) is 4.71. The standard InChI is InChI=1S/C21H19NO/c23-21(19-13-5-9-15-7-1-3-11-17(15)19)22-20-14-6-10-16-8-2-4-12-18(16)20/h1-5,7-9,11-13,20H,6,10,14H2,(H,22,23)/t20-/m0/s1. The van der Waals surface area contributed by atoms with Crippen molar-refractivity contribution in [3.05, 3.63) is 83.4 Å².